The van der Waals surface area contributed by atoms with Gasteiger partial charge in [0.05, 0.1) is 6.67 Å². The summed E-state index contributed by atoms with van der Waals surface area (Å²) in [7, 11) is -1.92. The minimum absolute atomic E-state index is 0.0204. The molecule has 1 saturated heterocycles. The van der Waals surface area contributed by atoms with Gasteiger partial charge in [0.2, 0.25) is 5.16 Å². The largest absolute Gasteiger partial charge is 0.324 e. The summed E-state index contributed by atoms with van der Waals surface area (Å²) in [5, 5.41) is 0.0204. The number of aryl methyl sites for hydroxylation is 1. The Labute approximate surface area is 93.9 Å². The van der Waals surface area contributed by atoms with E-state index in [9.17, 15) is 12.8 Å². The highest BCUT2D eigenvalue weighted by Crippen LogP contribution is 2.23. The molecule has 1 atom stereocenters. The van der Waals surface area contributed by atoms with E-state index in [4.69, 9.17) is 0 Å². The number of halogens is 1. The lowest BCUT2D eigenvalue weighted by Crippen LogP contribution is -2.31. The third-order valence-corrected chi connectivity index (χ3v) is 4.68. The summed E-state index contributed by atoms with van der Waals surface area (Å²) < 4.78 is 39.4. The van der Waals surface area contributed by atoms with Crippen molar-refractivity contribution < 1.29 is 12.8 Å². The molecule has 2 rings (SSSR count). The molecule has 90 valence electrons. The van der Waals surface area contributed by atoms with Gasteiger partial charge in [0, 0.05) is 38.4 Å². The van der Waals surface area contributed by atoms with Crippen molar-refractivity contribution in [3.8, 4) is 0 Å². The zero-order valence-electron chi connectivity index (χ0n) is 9.00. The first kappa shape index (κ1) is 11.5. The number of hydrogen-bond donors (Lipinski definition) is 0. The second-order valence-electron chi connectivity index (χ2n) is 3.99. The topological polar surface area (TPSA) is 55.2 Å². The van der Waals surface area contributed by atoms with Gasteiger partial charge in [0.1, 0.15) is 0 Å². The van der Waals surface area contributed by atoms with Crippen molar-refractivity contribution in [1.29, 1.82) is 0 Å². The lowest BCUT2D eigenvalue weighted by molar-refractivity contribution is 0.365. The molecule has 0 saturated carbocycles. The van der Waals surface area contributed by atoms with Crippen LogP contribution in [0.25, 0.3) is 0 Å². The zero-order valence-corrected chi connectivity index (χ0v) is 9.82. The molecule has 0 bridgehead atoms. The molecule has 0 aliphatic carbocycles. The summed E-state index contributed by atoms with van der Waals surface area (Å²) in [6, 6.07) is 0. The van der Waals surface area contributed by atoms with Gasteiger partial charge >= 0.3 is 0 Å². The van der Waals surface area contributed by atoms with Gasteiger partial charge in [-0.05, 0) is 6.42 Å². The number of alkyl halides is 1. The molecule has 1 aromatic heterocycles. The summed E-state index contributed by atoms with van der Waals surface area (Å²) in [5.41, 5.74) is 0. The Morgan fingerprint density at radius 3 is 2.88 bits per heavy atom. The van der Waals surface area contributed by atoms with Crippen molar-refractivity contribution in [3.05, 3.63) is 12.4 Å². The fraction of sp³-hybridized carbons (Fsp3) is 0.667. The minimum Gasteiger partial charge on any atom is -0.324 e. The second kappa shape index (κ2) is 4.14. The van der Waals surface area contributed by atoms with Crippen molar-refractivity contribution in [1.82, 2.24) is 13.9 Å². The number of aromatic nitrogens is 2. The molecule has 0 N–H and O–H groups in total. The average molecular weight is 247 g/mol. The van der Waals surface area contributed by atoms with Gasteiger partial charge in [-0.15, -0.1) is 0 Å². The van der Waals surface area contributed by atoms with Crippen molar-refractivity contribution in [3.63, 3.8) is 0 Å². The maximum Gasteiger partial charge on any atom is 0.277 e. The number of rotatable bonds is 3. The molecule has 7 heteroatoms. The predicted octanol–water partition coefficient (Wildman–Crippen LogP) is 0.400. The van der Waals surface area contributed by atoms with E-state index >= 15 is 0 Å². The van der Waals surface area contributed by atoms with Crippen LogP contribution in [0.5, 0.6) is 0 Å². The smallest absolute Gasteiger partial charge is 0.277 e. The van der Waals surface area contributed by atoms with Crippen molar-refractivity contribution in [2.24, 2.45) is 13.0 Å². The van der Waals surface area contributed by atoms with E-state index in [1.54, 1.807) is 13.2 Å². The number of nitrogens with zero attached hydrogens (tertiary/aromatic N) is 3. The van der Waals surface area contributed by atoms with Gasteiger partial charge in [-0.1, -0.05) is 0 Å². The second-order valence-corrected chi connectivity index (χ2v) is 5.82. The van der Waals surface area contributed by atoms with Crippen LogP contribution in [0.1, 0.15) is 6.42 Å². The third kappa shape index (κ3) is 1.84. The van der Waals surface area contributed by atoms with Crippen molar-refractivity contribution in [2.75, 3.05) is 19.8 Å². The normalized spacial score (nSPS) is 22.8. The molecule has 0 radical (unpaired) electrons. The zero-order chi connectivity index (χ0) is 11.8. The maximum absolute atomic E-state index is 12.4. The van der Waals surface area contributed by atoms with Crippen molar-refractivity contribution in [2.45, 2.75) is 11.6 Å². The minimum atomic E-state index is -3.55. The van der Waals surface area contributed by atoms with Crippen LogP contribution in [0, 0.1) is 5.92 Å². The lowest BCUT2D eigenvalue weighted by Gasteiger charge is -2.15. The Bertz CT molecular complexity index is 471. The number of imidazole rings is 1. The molecule has 0 aromatic carbocycles. The first-order chi connectivity index (χ1) is 7.55. The highest BCUT2D eigenvalue weighted by Gasteiger charge is 2.34. The molecule has 0 spiro atoms. The molecule has 16 heavy (non-hydrogen) atoms. The Morgan fingerprint density at radius 2 is 2.38 bits per heavy atom. The lowest BCUT2D eigenvalue weighted by atomic mass is 10.1. The predicted molar refractivity (Wildman–Crippen MR) is 56.0 cm³/mol. The molecule has 1 aromatic rings. The monoisotopic (exact) mass is 247 g/mol. The number of hydrogen-bond acceptors (Lipinski definition) is 3. The Balaban J connectivity index is 2.25. The molecule has 1 aliphatic heterocycles. The Hall–Kier alpha value is -0.950. The van der Waals surface area contributed by atoms with E-state index in [0.717, 1.165) is 0 Å². The fourth-order valence-corrected chi connectivity index (χ4v) is 3.46. The fourth-order valence-electron chi connectivity index (χ4n) is 1.86. The van der Waals surface area contributed by atoms with E-state index in [1.165, 1.54) is 15.1 Å². The highest BCUT2D eigenvalue weighted by molar-refractivity contribution is 7.89. The van der Waals surface area contributed by atoms with Crippen LogP contribution in [0.3, 0.4) is 0 Å². The molecule has 2 heterocycles. The van der Waals surface area contributed by atoms with Crippen molar-refractivity contribution >= 4 is 10.0 Å². The molecule has 1 unspecified atom stereocenters. The SMILES string of the molecule is Cn1ccnc1S(=O)(=O)N1CCC(CF)C1. The van der Waals surface area contributed by atoms with Gasteiger partial charge < -0.3 is 4.57 Å². The summed E-state index contributed by atoms with van der Waals surface area (Å²) >= 11 is 0. The van der Waals surface area contributed by atoms with Gasteiger partial charge in [-0.3, -0.25) is 4.39 Å². The molecule has 1 fully saturated rings. The highest BCUT2D eigenvalue weighted by atomic mass is 32.2. The van der Waals surface area contributed by atoms with Crippen LogP contribution in [0.4, 0.5) is 4.39 Å². The van der Waals surface area contributed by atoms with Crippen LogP contribution >= 0.6 is 0 Å². The van der Waals surface area contributed by atoms with Crippen LogP contribution in [-0.2, 0) is 17.1 Å². The van der Waals surface area contributed by atoms with E-state index in [1.807, 2.05) is 0 Å². The first-order valence-corrected chi connectivity index (χ1v) is 6.53. The Morgan fingerprint density at radius 1 is 1.62 bits per heavy atom. The third-order valence-electron chi connectivity index (χ3n) is 2.81. The summed E-state index contributed by atoms with van der Waals surface area (Å²) in [5.74, 6) is -0.171. The van der Waals surface area contributed by atoms with Crippen LogP contribution < -0.4 is 0 Å². The van der Waals surface area contributed by atoms with Gasteiger partial charge in [-0.25, -0.2) is 13.4 Å². The Kier molecular flexibility index (Phi) is 2.98. The first-order valence-electron chi connectivity index (χ1n) is 5.09. The van der Waals surface area contributed by atoms with E-state index in [2.05, 4.69) is 4.98 Å². The van der Waals surface area contributed by atoms with Crippen LogP contribution in [0.15, 0.2) is 17.6 Å². The summed E-state index contributed by atoms with van der Waals surface area (Å²) in [6.07, 6.45) is 3.60. The maximum atomic E-state index is 12.4. The van der Waals surface area contributed by atoms with Gasteiger partial charge in [0.15, 0.2) is 0 Å². The van der Waals surface area contributed by atoms with E-state index in [0.29, 0.717) is 13.0 Å². The van der Waals surface area contributed by atoms with Gasteiger partial charge in [-0.2, -0.15) is 4.31 Å². The summed E-state index contributed by atoms with van der Waals surface area (Å²) in [6.45, 7) is 0.169. The van der Waals surface area contributed by atoms with Crippen LogP contribution in [-0.4, -0.2) is 42.0 Å². The molecule has 0 amide bonds. The molecule has 5 nitrogen and oxygen atoms in total. The van der Waals surface area contributed by atoms with Gasteiger partial charge in [0.25, 0.3) is 10.0 Å². The molecular weight excluding hydrogens is 233 g/mol. The molecular formula is C9H14FN3O2S. The van der Waals surface area contributed by atoms with E-state index < -0.39 is 16.7 Å². The summed E-state index contributed by atoms with van der Waals surface area (Å²) in [4.78, 5) is 3.82. The molecule has 1 aliphatic rings. The van der Waals surface area contributed by atoms with Crippen LogP contribution in [0.2, 0.25) is 0 Å². The van der Waals surface area contributed by atoms with E-state index in [-0.39, 0.29) is 17.6 Å². The quantitative estimate of drug-likeness (QED) is 0.777. The standard InChI is InChI=1S/C9H14FN3O2S/c1-12-5-3-11-9(12)16(14,15)13-4-2-8(6-10)7-13/h3,5,8H,2,4,6-7H2,1H3. The number of sulfonamides is 1. The average Bonchev–Trinajstić information content (AvgIpc) is 2.85.